The van der Waals surface area contributed by atoms with Crippen molar-refractivity contribution in [3.8, 4) is 11.4 Å². The fourth-order valence-corrected chi connectivity index (χ4v) is 4.83. The normalized spacial score (nSPS) is 19.5. The highest BCUT2D eigenvalue weighted by molar-refractivity contribution is 5.66. The number of rotatable bonds is 3. The monoisotopic (exact) mass is 416 g/mol. The maximum atomic E-state index is 13.0. The summed E-state index contributed by atoms with van der Waals surface area (Å²) >= 11 is 0. The minimum Gasteiger partial charge on any atom is -0.306 e. The van der Waals surface area contributed by atoms with Crippen LogP contribution >= 0.6 is 0 Å². The minimum absolute atomic E-state index is 0.0769. The van der Waals surface area contributed by atoms with E-state index in [0.29, 0.717) is 29.0 Å². The van der Waals surface area contributed by atoms with Gasteiger partial charge in [-0.25, -0.2) is 9.50 Å². The van der Waals surface area contributed by atoms with Crippen molar-refractivity contribution in [1.82, 2.24) is 28.9 Å². The lowest BCUT2D eigenvalue weighted by Crippen LogP contribution is -2.31. The standard InChI is InChI=1S/C24H28N6O/c1-15-13-30-22(16(2)25-15)11-21(27-30)20-12-24(31)29-14-18(7-10-23(29)26-20)17-5-8-19(9-6-17)28(3)4/h7,10-14,17,19H,5-6,8-9H2,1-4H3. The van der Waals surface area contributed by atoms with Crippen molar-refractivity contribution >= 4 is 11.2 Å². The molecule has 0 radical (unpaired) electrons. The Morgan fingerprint density at radius 1 is 0.968 bits per heavy atom. The maximum Gasteiger partial charge on any atom is 0.258 e. The Morgan fingerprint density at radius 2 is 1.74 bits per heavy atom. The van der Waals surface area contributed by atoms with Crippen molar-refractivity contribution in [1.29, 1.82) is 0 Å². The highest BCUT2D eigenvalue weighted by atomic mass is 16.1. The average Bonchev–Trinajstić information content (AvgIpc) is 3.18. The summed E-state index contributed by atoms with van der Waals surface area (Å²) in [5.74, 6) is 0.504. The van der Waals surface area contributed by atoms with Gasteiger partial charge in [-0.15, -0.1) is 0 Å². The Labute approximate surface area is 181 Å². The van der Waals surface area contributed by atoms with Gasteiger partial charge in [-0.1, -0.05) is 6.07 Å². The lowest BCUT2D eigenvalue weighted by molar-refractivity contribution is 0.216. The van der Waals surface area contributed by atoms with Gasteiger partial charge in [-0.2, -0.15) is 5.10 Å². The van der Waals surface area contributed by atoms with Gasteiger partial charge in [0.15, 0.2) is 0 Å². The molecule has 0 spiro atoms. The van der Waals surface area contributed by atoms with Crippen molar-refractivity contribution in [3.63, 3.8) is 0 Å². The summed E-state index contributed by atoms with van der Waals surface area (Å²) < 4.78 is 3.48. The van der Waals surface area contributed by atoms with Gasteiger partial charge in [-0.3, -0.25) is 14.2 Å². The van der Waals surface area contributed by atoms with E-state index in [0.717, 1.165) is 29.7 Å². The van der Waals surface area contributed by atoms with E-state index in [1.807, 2.05) is 42.9 Å². The second-order valence-electron chi connectivity index (χ2n) is 8.97. The number of aryl methyl sites for hydroxylation is 2. The number of fused-ring (bicyclic) bond motifs is 2. The van der Waals surface area contributed by atoms with Crippen LogP contribution in [0.25, 0.3) is 22.6 Å². The first-order chi connectivity index (χ1) is 14.9. The third-order valence-electron chi connectivity index (χ3n) is 6.60. The molecule has 0 aliphatic heterocycles. The van der Waals surface area contributed by atoms with Gasteiger partial charge in [-0.05, 0) is 77.2 Å². The molecule has 1 aliphatic rings. The van der Waals surface area contributed by atoms with Crippen molar-refractivity contribution in [2.24, 2.45) is 0 Å². The van der Waals surface area contributed by atoms with Crippen molar-refractivity contribution in [2.45, 2.75) is 51.5 Å². The predicted octanol–water partition coefficient (Wildman–Crippen LogP) is 3.61. The fraction of sp³-hybridized carbons (Fsp3) is 0.417. The summed E-state index contributed by atoms with van der Waals surface area (Å²) in [4.78, 5) is 24.5. The summed E-state index contributed by atoms with van der Waals surface area (Å²) in [5.41, 5.74) is 5.80. The zero-order valence-electron chi connectivity index (χ0n) is 18.5. The van der Waals surface area contributed by atoms with E-state index in [-0.39, 0.29) is 5.56 Å². The minimum atomic E-state index is -0.0769. The second kappa shape index (κ2) is 7.57. The van der Waals surface area contributed by atoms with Crippen LogP contribution in [0, 0.1) is 13.8 Å². The van der Waals surface area contributed by atoms with E-state index in [9.17, 15) is 4.79 Å². The van der Waals surface area contributed by atoms with Crippen LogP contribution in [0.1, 0.15) is 48.6 Å². The summed E-state index contributed by atoms with van der Waals surface area (Å²) in [6.45, 7) is 3.91. The van der Waals surface area contributed by atoms with Crippen LogP contribution in [-0.4, -0.2) is 49.0 Å². The first-order valence-electron chi connectivity index (χ1n) is 10.9. The molecule has 1 fully saturated rings. The van der Waals surface area contributed by atoms with Crippen LogP contribution in [0.2, 0.25) is 0 Å². The summed E-state index contributed by atoms with van der Waals surface area (Å²) in [5, 5.41) is 4.63. The molecule has 0 amide bonds. The predicted molar refractivity (Wildman–Crippen MR) is 122 cm³/mol. The summed E-state index contributed by atoms with van der Waals surface area (Å²) in [6.07, 6.45) is 8.57. The molecule has 31 heavy (non-hydrogen) atoms. The average molecular weight is 417 g/mol. The lowest BCUT2D eigenvalue weighted by atomic mass is 9.82. The van der Waals surface area contributed by atoms with Crippen molar-refractivity contribution in [2.75, 3.05) is 14.1 Å². The fourth-order valence-electron chi connectivity index (χ4n) is 4.83. The Kier molecular flexibility index (Phi) is 4.85. The third kappa shape index (κ3) is 3.63. The second-order valence-corrected chi connectivity index (χ2v) is 8.97. The molecule has 4 heterocycles. The number of hydrogen-bond donors (Lipinski definition) is 0. The van der Waals surface area contributed by atoms with Gasteiger partial charge >= 0.3 is 0 Å². The Balaban J connectivity index is 1.49. The molecule has 0 aromatic carbocycles. The van der Waals surface area contributed by atoms with Crippen LogP contribution in [-0.2, 0) is 0 Å². The molecule has 1 saturated carbocycles. The van der Waals surface area contributed by atoms with E-state index in [1.165, 1.54) is 18.4 Å². The topological polar surface area (TPSA) is 67.8 Å². The smallest absolute Gasteiger partial charge is 0.258 e. The Hall–Kier alpha value is -3.06. The summed E-state index contributed by atoms with van der Waals surface area (Å²) in [6, 6.07) is 8.28. The molecular weight excluding hydrogens is 388 g/mol. The number of pyridine rings is 1. The van der Waals surface area contributed by atoms with E-state index in [1.54, 1.807) is 10.5 Å². The number of aromatic nitrogens is 5. The van der Waals surface area contributed by atoms with E-state index >= 15 is 0 Å². The van der Waals surface area contributed by atoms with Gasteiger partial charge in [0.1, 0.15) is 11.3 Å². The molecule has 1 aliphatic carbocycles. The molecular formula is C24H28N6O. The van der Waals surface area contributed by atoms with Gasteiger partial charge in [0, 0.05) is 18.3 Å². The molecule has 4 aromatic rings. The summed E-state index contributed by atoms with van der Waals surface area (Å²) in [7, 11) is 4.32. The van der Waals surface area contributed by atoms with Gasteiger partial charge in [0.2, 0.25) is 0 Å². The zero-order valence-corrected chi connectivity index (χ0v) is 18.5. The van der Waals surface area contributed by atoms with Crippen LogP contribution in [0.4, 0.5) is 0 Å². The van der Waals surface area contributed by atoms with Gasteiger partial charge in [0.05, 0.1) is 28.8 Å². The zero-order chi connectivity index (χ0) is 21.7. The van der Waals surface area contributed by atoms with Crippen LogP contribution in [0.3, 0.4) is 0 Å². The first kappa shape index (κ1) is 19.9. The van der Waals surface area contributed by atoms with Crippen molar-refractivity contribution in [3.05, 3.63) is 64.0 Å². The van der Waals surface area contributed by atoms with Gasteiger partial charge < -0.3 is 4.90 Å². The number of hydrogen-bond acceptors (Lipinski definition) is 5. The van der Waals surface area contributed by atoms with Gasteiger partial charge in [0.25, 0.3) is 5.56 Å². The molecule has 0 N–H and O–H groups in total. The molecule has 7 heteroatoms. The quantitative estimate of drug-likeness (QED) is 0.510. The highest BCUT2D eigenvalue weighted by Crippen LogP contribution is 2.34. The van der Waals surface area contributed by atoms with Crippen molar-refractivity contribution < 1.29 is 0 Å². The van der Waals surface area contributed by atoms with Crippen LogP contribution in [0.15, 0.2) is 41.5 Å². The molecule has 160 valence electrons. The molecule has 0 bridgehead atoms. The highest BCUT2D eigenvalue weighted by Gasteiger charge is 2.24. The van der Waals surface area contributed by atoms with E-state index in [4.69, 9.17) is 4.98 Å². The SMILES string of the molecule is Cc1cn2nc(-c3cc(=O)n4cc(C5CCC(N(C)C)CC5)ccc4n3)cc2c(C)n1. The maximum absolute atomic E-state index is 13.0. The lowest BCUT2D eigenvalue weighted by Gasteiger charge is -2.32. The van der Waals surface area contributed by atoms with Crippen LogP contribution in [0.5, 0.6) is 0 Å². The molecule has 0 atom stereocenters. The Bertz CT molecular complexity index is 1330. The van der Waals surface area contributed by atoms with Crippen LogP contribution < -0.4 is 5.56 Å². The first-order valence-corrected chi connectivity index (χ1v) is 10.9. The van der Waals surface area contributed by atoms with E-state index < -0.39 is 0 Å². The Morgan fingerprint density at radius 3 is 2.48 bits per heavy atom. The largest absolute Gasteiger partial charge is 0.306 e. The molecule has 5 rings (SSSR count). The third-order valence-corrected chi connectivity index (χ3v) is 6.60. The molecule has 7 nitrogen and oxygen atoms in total. The molecule has 0 unspecified atom stereocenters. The molecule has 0 saturated heterocycles. The number of nitrogens with zero attached hydrogens (tertiary/aromatic N) is 6. The molecule has 4 aromatic heterocycles. The van der Waals surface area contributed by atoms with E-state index in [2.05, 4.69) is 35.1 Å².